The number of nitrogens with zero attached hydrogens (tertiary/aromatic N) is 1. The molecule has 0 unspecified atom stereocenters. The lowest BCUT2D eigenvalue weighted by Gasteiger charge is -2.02. The molecule has 122 valence electrons. The predicted octanol–water partition coefficient (Wildman–Crippen LogP) is 5.25. The second-order valence-electron chi connectivity index (χ2n) is 5.80. The van der Waals surface area contributed by atoms with Crippen LogP contribution in [0.5, 0.6) is 0 Å². The molecule has 3 nitrogen and oxygen atoms in total. The zero-order chi connectivity index (χ0) is 16.8. The van der Waals surface area contributed by atoms with E-state index in [0.717, 1.165) is 25.7 Å². The van der Waals surface area contributed by atoms with Gasteiger partial charge in [0.15, 0.2) is 0 Å². The van der Waals surface area contributed by atoms with Crippen molar-refractivity contribution in [3.05, 3.63) is 34.9 Å². The van der Waals surface area contributed by atoms with Gasteiger partial charge >= 0.3 is 5.97 Å². The summed E-state index contributed by atoms with van der Waals surface area (Å²) in [7, 11) is 0. The van der Waals surface area contributed by atoms with Crippen LogP contribution >= 0.6 is 0 Å². The molecular weight excluding hydrogens is 274 g/mol. The van der Waals surface area contributed by atoms with E-state index >= 15 is 0 Å². The molecule has 0 aromatic carbocycles. The molecule has 0 aromatic heterocycles. The summed E-state index contributed by atoms with van der Waals surface area (Å²) >= 11 is 0. The molecule has 0 bridgehead atoms. The molecule has 0 atom stereocenters. The minimum absolute atomic E-state index is 0.167. The first kappa shape index (κ1) is 20.2. The fourth-order valence-electron chi connectivity index (χ4n) is 1.93. The summed E-state index contributed by atoms with van der Waals surface area (Å²) in [5, 5.41) is 8.33. The molecule has 0 spiro atoms. The molecule has 0 heterocycles. The van der Waals surface area contributed by atoms with Crippen molar-refractivity contribution < 1.29 is 9.53 Å². The van der Waals surface area contributed by atoms with E-state index in [9.17, 15) is 4.79 Å². The fourth-order valence-corrected chi connectivity index (χ4v) is 1.93. The molecule has 22 heavy (non-hydrogen) atoms. The number of rotatable bonds is 10. The minimum atomic E-state index is -0.441. The Morgan fingerprint density at radius 2 is 1.50 bits per heavy atom. The predicted molar refractivity (Wildman–Crippen MR) is 91.2 cm³/mol. The highest BCUT2D eigenvalue weighted by Gasteiger charge is 1.99. The molecule has 0 aliphatic heterocycles. The van der Waals surface area contributed by atoms with Crippen LogP contribution in [-0.2, 0) is 9.53 Å². The Labute approximate surface area is 135 Å². The lowest BCUT2D eigenvalue weighted by Crippen LogP contribution is -2.03. The molecule has 0 radical (unpaired) electrons. The molecule has 0 aromatic rings. The van der Waals surface area contributed by atoms with E-state index in [2.05, 4.69) is 45.9 Å². The number of hydrogen-bond acceptors (Lipinski definition) is 3. The molecular formula is C19H29NO2. The van der Waals surface area contributed by atoms with Crippen LogP contribution in [0.4, 0.5) is 0 Å². The van der Waals surface area contributed by atoms with E-state index < -0.39 is 5.97 Å². The normalized spacial score (nSPS) is 11.8. The van der Waals surface area contributed by atoms with Gasteiger partial charge in [-0.15, -0.1) is 0 Å². The highest BCUT2D eigenvalue weighted by molar-refractivity contribution is 5.71. The number of esters is 1. The zero-order valence-electron chi connectivity index (χ0n) is 14.4. The third-order valence-electron chi connectivity index (χ3n) is 3.22. The van der Waals surface area contributed by atoms with E-state index in [0.29, 0.717) is 13.0 Å². The van der Waals surface area contributed by atoms with Crippen LogP contribution < -0.4 is 0 Å². The summed E-state index contributed by atoms with van der Waals surface area (Å²) in [5.74, 6) is -0.441. The number of hydrogen-bond donors (Lipinski definition) is 0. The van der Waals surface area contributed by atoms with Gasteiger partial charge in [0.2, 0.25) is 0 Å². The monoisotopic (exact) mass is 303 g/mol. The summed E-state index contributed by atoms with van der Waals surface area (Å²) in [6, 6.07) is 1.78. The Morgan fingerprint density at radius 1 is 0.955 bits per heavy atom. The van der Waals surface area contributed by atoms with Gasteiger partial charge in [-0.25, -0.2) is 0 Å². The van der Waals surface area contributed by atoms with Crippen molar-refractivity contribution in [2.24, 2.45) is 0 Å². The lowest BCUT2D eigenvalue weighted by molar-refractivity contribution is -0.142. The minimum Gasteiger partial charge on any atom is -0.465 e. The van der Waals surface area contributed by atoms with Crippen LogP contribution in [0.25, 0.3) is 0 Å². The van der Waals surface area contributed by atoms with E-state index in [-0.39, 0.29) is 6.42 Å². The quantitative estimate of drug-likeness (QED) is 0.314. The number of ether oxygens (including phenoxy) is 1. The molecule has 0 aliphatic carbocycles. The average molecular weight is 303 g/mol. The summed E-state index contributed by atoms with van der Waals surface area (Å²) in [6.45, 7) is 8.90. The van der Waals surface area contributed by atoms with E-state index in [4.69, 9.17) is 10.00 Å². The van der Waals surface area contributed by atoms with Crippen molar-refractivity contribution in [3.63, 3.8) is 0 Å². The van der Waals surface area contributed by atoms with Gasteiger partial charge in [-0.2, -0.15) is 5.26 Å². The Balaban J connectivity index is 3.85. The maximum atomic E-state index is 11.0. The Hall–Kier alpha value is -1.82. The molecule has 3 heteroatoms. The van der Waals surface area contributed by atoms with Crippen LogP contribution in [0, 0.1) is 11.3 Å². The third kappa shape index (κ3) is 13.2. The van der Waals surface area contributed by atoms with Crippen molar-refractivity contribution in [2.45, 2.75) is 66.2 Å². The van der Waals surface area contributed by atoms with Gasteiger partial charge in [0, 0.05) is 0 Å². The molecule has 0 N–H and O–H groups in total. The largest absolute Gasteiger partial charge is 0.465 e. The van der Waals surface area contributed by atoms with Gasteiger partial charge in [0.25, 0.3) is 0 Å². The first-order valence-electron chi connectivity index (χ1n) is 7.93. The van der Waals surface area contributed by atoms with Crippen LogP contribution in [-0.4, -0.2) is 12.6 Å². The van der Waals surface area contributed by atoms with Gasteiger partial charge in [-0.3, -0.25) is 4.79 Å². The Bertz CT molecular complexity index is 460. The first-order chi connectivity index (χ1) is 10.5. The summed E-state index contributed by atoms with van der Waals surface area (Å²) in [5.41, 5.74) is 4.13. The highest BCUT2D eigenvalue weighted by Crippen LogP contribution is 2.11. The number of carbonyl (C=O) groups excluding carboxylic acids is 1. The second-order valence-corrected chi connectivity index (χ2v) is 5.80. The highest BCUT2D eigenvalue weighted by atomic mass is 16.5. The second kappa shape index (κ2) is 12.9. The van der Waals surface area contributed by atoms with Gasteiger partial charge in [0.05, 0.1) is 12.7 Å². The van der Waals surface area contributed by atoms with Gasteiger partial charge < -0.3 is 4.74 Å². The van der Waals surface area contributed by atoms with Crippen molar-refractivity contribution in [1.29, 1.82) is 5.26 Å². The summed E-state index contributed by atoms with van der Waals surface area (Å²) in [6.07, 6.45) is 11.6. The smallest absolute Gasteiger partial charge is 0.320 e. The number of nitriles is 1. The first-order valence-corrected chi connectivity index (χ1v) is 7.93. The zero-order valence-corrected chi connectivity index (χ0v) is 14.4. The summed E-state index contributed by atoms with van der Waals surface area (Å²) in [4.78, 5) is 11.0. The van der Waals surface area contributed by atoms with Crippen LogP contribution in [0.1, 0.15) is 66.2 Å². The SMILES string of the molecule is CC(C)=CCC/C(C)=C/CC/C(C)=C/CCOC(=O)CC#N. The summed E-state index contributed by atoms with van der Waals surface area (Å²) < 4.78 is 4.92. The van der Waals surface area contributed by atoms with Crippen LogP contribution in [0.2, 0.25) is 0 Å². The molecule has 0 amide bonds. The van der Waals surface area contributed by atoms with Crippen molar-refractivity contribution >= 4 is 5.97 Å². The van der Waals surface area contributed by atoms with Gasteiger partial charge in [0.1, 0.15) is 6.42 Å². The average Bonchev–Trinajstić information content (AvgIpc) is 2.43. The van der Waals surface area contributed by atoms with Crippen LogP contribution in [0.3, 0.4) is 0 Å². The molecule has 0 fully saturated rings. The topological polar surface area (TPSA) is 50.1 Å². The van der Waals surface area contributed by atoms with Crippen molar-refractivity contribution in [1.82, 2.24) is 0 Å². The molecule has 0 saturated heterocycles. The molecule has 0 rings (SSSR count). The third-order valence-corrected chi connectivity index (χ3v) is 3.22. The van der Waals surface area contributed by atoms with E-state index in [1.807, 2.05) is 0 Å². The van der Waals surface area contributed by atoms with E-state index in [1.54, 1.807) is 6.07 Å². The van der Waals surface area contributed by atoms with Gasteiger partial charge in [-0.05, 0) is 59.8 Å². The lowest BCUT2D eigenvalue weighted by atomic mass is 10.1. The number of allylic oxidation sites excluding steroid dienone is 5. The molecule has 0 saturated carbocycles. The number of carbonyl (C=O) groups is 1. The van der Waals surface area contributed by atoms with Gasteiger partial charge in [-0.1, -0.05) is 34.9 Å². The Morgan fingerprint density at radius 3 is 2.05 bits per heavy atom. The fraction of sp³-hybridized carbons (Fsp3) is 0.579. The maximum absolute atomic E-state index is 11.0. The standard InChI is InChI=1S/C19H29NO2/c1-16(2)8-5-9-17(3)10-6-11-18(4)12-7-15-22-19(21)13-14-20/h8,10,12H,5-7,9,11,13,15H2,1-4H3/b17-10+,18-12+. The maximum Gasteiger partial charge on any atom is 0.320 e. The van der Waals surface area contributed by atoms with E-state index in [1.165, 1.54) is 16.7 Å². The van der Waals surface area contributed by atoms with Crippen LogP contribution in [0.15, 0.2) is 34.9 Å². The Kier molecular flexibility index (Phi) is 11.8. The van der Waals surface area contributed by atoms with Crippen molar-refractivity contribution in [2.75, 3.05) is 6.61 Å². The molecule has 0 aliphatic rings. The van der Waals surface area contributed by atoms with Crippen molar-refractivity contribution in [3.8, 4) is 6.07 Å².